The molecule has 1 aromatic carbocycles. The van der Waals surface area contributed by atoms with Crippen LogP contribution in [0.25, 0.3) is 0 Å². The lowest BCUT2D eigenvalue weighted by Crippen LogP contribution is -2.38. The Kier molecular flexibility index (Phi) is 7.20. The second-order valence-electron chi connectivity index (χ2n) is 5.66. The fraction of sp³-hybridized carbons (Fsp3) is 0.235. The molecule has 1 heterocycles. The summed E-state index contributed by atoms with van der Waals surface area (Å²) in [6, 6.07) is 8.29. The molecule has 29 heavy (non-hydrogen) atoms. The number of rotatable bonds is 9. The van der Waals surface area contributed by atoms with Gasteiger partial charge < -0.3 is 19.2 Å². The smallest absolute Gasteiger partial charge is 0.335 e. The lowest BCUT2D eigenvalue weighted by atomic mass is 10.2. The third-order valence-electron chi connectivity index (χ3n) is 3.60. The zero-order chi connectivity index (χ0) is 21.4. The summed E-state index contributed by atoms with van der Waals surface area (Å²) in [7, 11) is 0.166. The Morgan fingerprint density at radius 3 is 2.59 bits per heavy atom. The molecule has 2 amide bonds. The molecule has 0 aliphatic rings. The molecule has 2 aromatic rings. The minimum atomic E-state index is -4.27. The van der Waals surface area contributed by atoms with E-state index in [-0.39, 0.29) is 23.9 Å². The molecule has 0 atom stereocenters. The second kappa shape index (κ2) is 9.59. The number of likely N-dealkylation sites (N-methyl/N-ethyl adjacent to an activating group) is 1. The van der Waals surface area contributed by atoms with Gasteiger partial charge in [-0.15, -0.1) is 0 Å². The number of ether oxygens (including phenoxy) is 2. The van der Waals surface area contributed by atoms with Crippen LogP contribution in [0.1, 0.15) is 0 Å². The number of aldehydes is 1. The van der Waals surface area contributed by atoms with E-state index in [9.17, 15) is 18.0 Å². The van der Waals surface area contributed by atoms with Crippen LogP contribution in [0.3, 0.4) is 0 Å². The molecule has 11 nitrogen and oxygen atoms in total. The Morgan fingerprint density at radius 2 is 1.93 bits per heavy atom. The number of urea groups is 1. The predicted octanol–water partition coefficient (Wildman–Crippen LogP) is 1.21. The van der Waals surface area contributed by atoms with Crippen molar-refractivity contribution in [3.63, 3.8) is 0 Å². The van der Waals surface area contributed by atoms with Crippen LogP contribution in [0.2, 0.25) is 0 Å². The first kappa shape index (κ1) is 21.8. The maximum absolute atomic E-state index is 12.3. The first-order chi connectivity index (χ1) is 13.8. The van der Waals surface area contributed by atoms with Crippen LogP contribution in [0.15, 0.2) is 36.4 Å². The second-order valence-corrected chi connectivity index (χ2v) is 7.08. The number of hydrogen-bond donors (Lipinski definition) is 3. The van der Waals surface area contributed by atoms with Crippen LogP contribution < -0.4 is 29.1 Å². The fourth-order valence-electron chi connectivity index (χ4n) is 2.30. The number of amides is 2. The van der Waals surface area contributed by atoms with Crippen LogP contribution >= 0.6 is 0 Å². The highest BCUT2D eigenvalue weighted by Gasteiger charge is 2.18. The summed E-state index contributed by atoms with van der Waals surface area (Å²) < 4.78 is 38.8. The summed E-state index contributed by atoms with van der Waals surface area (Å²) in [5.74, 6) is 0.563. The lowest BCUT2D eigenvalue weighted by Gasteiger charge is -2.20. The lowest BCUT2D eigenvalue weighted by molar-refractivity contribution is -0.106. The standard InChI is InChI=1S/C17H21N5O6S/c1-22(8-9-23)14-7-5-4-6-13(14)20-29(25,26)21-17(24)19-15-10-12(27-2)11-16(18-15)28-3/h4-7,9-11,20H,8H2,1-3H3,(H2,18,19,21,24). The number of carbonyl (C=O) groups is 2. The van der Waals surface area contributed by atoms with Crippen molar-refractivity contribution in [2.75, 3.05) is 42.8 Å². The van der Waals surface area contributed by atoms with Crippen molar-refractivity contribution in [2.45, 2.75) is 0 Å². The molecule has 0 unspecified atom stereocenters. The summed E-state index contributed by atoms with van der Waals surface area (Å²) >= 11 is 0. The highest BCUT2D eigenvalue weighted by molar-refractivity contribution is 7.91. The fourth-order valence-corrected chi connectivity index (χ4v) is 3.11. The quantitative estimate of drug-likeness (QED) is 0.512. The van der Waals surface area contributed by atoms with E-state index in [1.165, 1.54) is 32.4 Å². The molecule has 3 N–H and O–H groups in total. The predicted molar refractivity (Wildman–Crippen MR) is 108 cm³/mol. The van der Waals surface area contributed by atoms with E-state index in [0.717, 1.165) is 0 Å². The molecule has 12 heteroatoms. The normalized spacial score (nSPS) is 10.6. The van der Waals surface area contributed by atoms with Crippen molar-refractivity contribution >= 4 is 39.7 Å². The van der Waals surface area contributed by atoms with E-state index in [2.05, 4.69) is 15.0 Å². The van der Waals surface area contributed by atoms with Gasteiger partial charge >= 0.3 is 16.2 Å². The molecule has 0 saturated heterocycles. The summed E-state index contributed by atoms with van der Waals surface area (Å²) in [5.41, 5.74) is 0.655. The van der Waals surface area contributed by atoms with E-state index < -0.39 is 16.2 Å². The first-order valence-electron chi connectivity index (χ1n) is 8.23. The van der Waals surface area contributed by atoms with E-state index >= 15 is 0 Å². The molecule has 0 fully saturated rings. The van der Waals surface area contributed by atoms with E-state index in [0.29, 0.717) is 17.7 Å². The van der Waals surface area contributed by atoms with Crippen molar-refractivity contribution in [3.05, 3.63) is 36.4 Å². The van der Waals surface area contributed by atoms with Crippen molar-refractivity contribution in [1.82, 2.24) is 9.71 Å². The number of para-hydroxylation sites is 2. The monoisotopic (exact) mass is 423 g/mol. The highest BCUT2D eigenvalue weighted by Crippen LogP contribution is 2.25. The van der Waals surface area contributed by atoms with Crippen LogP contribution in [-0.2, 0) is 15.0 Å². The molecule has 2 rings (SSSR count). The average Bonchev–Trinajstić information content (AvgIpc) is 2.67. The first-order valence-corrected chi connectivity index (χ1v) is 9.71. The molecule has 0 saturated carbocycles. The van der Waals surface area contributed by atoms with E-state index in [4.69, 9.17) is 9.47 Å². The molecular formula is C17H21N5O6S. The average molecular weight is 423 g/mol. The summed E-state index contributed by atoms with van der Waals surface area (Å²) in [6.07, 6.45) is 0.687. The van der Waals surface area contributed by atoms with Gasteiger partial charge in [-0.1, -0.05) is 12.1 Å². The van der Waals surface area contributed by atoms with Gasteiger partial charge in [-0.3, -0.25) is 10.0 Å². The van der Waals surface area contributed by atoms with Crippen molar-refractivity contribution in [1.29, 1.82) is 0 Å². The minimum absolute atomic E-state index is 0.0278. The van der Waals surface area contributed by atoms with Gasteiger partial charge in [0.05, 0.1) is 32.1 Å². The maximum Gasteiger partial charge on any atom is 0.335 e. The number of aromatic nitrogens is 1. The van der Waals surface area contributed by atoms with Gasteiger partial charge in [-0.05, 0) is 12.1 Å². The van der Waals surface area contributed by atoms with Crippen molar-refractivity contribution < 1.29 is 27.5 Å². The van der Waals surface area contributed by atoms with E-state index in [1.807, 2.05) is 4.72 Å². The molecular weight excluding hydrogens is 402 g/mol. The van der Waals surface area contributed by atoms with Gasteiger partial charge in [0.25, 0.3) is 0 Å². The molecule has 0 radical (unpaired) electrons. The summed E-state index contributed by atoms with van der Waals surface area (Å²) in [5, 5.41) is 2.29. The Labute approximate surface area is 168 Å². The van der Waals surface area contributed by atoms with Gasteiger partial charge in [0, 0.05) is 19.2 Å². The Bertz CT molecular complexity index is 960. The molecule has 1 aromatic heterocycles. The SMILES string of the molecule is COc1cc(NC(=O)NS(=O)(=O)Nc2ccccc2N(C)CC=O)nc(OC)c1. The number of benzene rings is 1. The van der Waals surface area contributed by atoms with Crippen molar-refractivity contribution in [2.24, 2.45) is 0 Å². The summed E-state index contributed by atoms with van der Waals surface area (Å²) in [6.45, 7) is 0.0655. The van der Waals surface area contributed by atoms with Gasteiger partial charge in [0.15, 0.2) is 0 Å². The van der Waals surface area contributed by atoms with Gasteiger partial charge in [-0.2, -0.15) is 13.4 Å². The number of carbonyl (C=O) groups excluding carboxylic acids is 2. The Balaban J connectivity index is 2.12. The van der Waals surface area contributed by atoms with Gasteiger partial charge in [0.1, 0.15) is 17.9 Å². The Hall–Kier alpha value is -3.54. The van der Waals surface area contributed by atoms with E-state index in [1.54, 1.807) is 30.1 Å². The number of nitrogens with zero attached hydrogens (tertiary/aromatic N) is 2. The molecule has 0 bridgehead atoms. The van der Waals surface area contributed by atoms with Crippen molar-refractivity contribution in [3.8, 4) is 11.6 Å². The molecule has 156 valence electrons. The third kappa shape index (κ3) is 6.24. The van der Waals surface area contributed by atoms with Crippen LogP contribution in [0, 0.1) is 0 Å². The van der Waals surface area contributed by atoms with Gasteiger partial charge in [-0.25, -0.2) is 9.52 Å². The van der Waals surface area contributed by atoms with Crippen LogP contribution in [-0.4, -0.2) is 53.5 Å². The largest absolute Gasteiger partial charge is 0.496 e. The third-order valence-corrected chi connectivity index (χ3v) is 4.54. The number of pyridine rings is 1. The zero-order valence-electron chi connectivity index (χ0n) is 16.0. The molecule has 0 aliphatic heterocycles. The number of nitrogens with one attached hydrogen (secondary N) is 3. The summed E-state index contributed by atoms with van der Waals surface area (Å²) in [4.78, 5) is 28.4. The highest BCUT2D eigenvalue weighted by atomic mass is 32.2. The number of methoxy groups -OCH3 is 2. The Morgan fingerprint density at radius 1 is 1.21 bits per heavy atom. The van der Waals surface area contributed by atoms with Crippen LogP contribution in [0.4, 0.5) is 22.0 Å². The zero-order valence-corrected chi connectivity index (χ0v) is 16.8. The number of anilines is 3. The number of hydrogen-bond acceptors (Lipinski definition) is 8. The molecule has 0 aliphatic carbocycles. The maximum atomic E-state index is 12.3. The van der Waals surface area contributed by atoms with Gasteiger partial charge in [0.2, 0.25) is 5.88 Å². The topological polar surface area (TPSA) is 139 Å². The minimum Gasteiger partial charge on any atom is -0.496 e. The molecule has 0 spiro atoms. The van der Waals surface area contributed by atoms with Crippen LogP contribution in [0.5, 0.6) is 11.6 Å².